The van der Waals surface area contributed by atoms with Gasteiger partial charge in [0.25, 0.3) is 11.8 Å². The molecule has 4 rings (SSSR count). The van der Waals surface area contributed by atoms with E-state index in [1.54, 1.807) is 30.3 Å². The number of rotatable bonds is 5. The second kappa shape index (κ2) is 8.78. The summed E-state index contributed by atoms with van der Waals surface area (Å²) in [6.45, 7) is 8.30. The number of carbonyl (C=O) groups excluding carboxylic acids is 3. The van der Waals surface area contributed by atoms with Crippen LogP contribution >= 0.6 is 0 Å². The van der Waals surface area contributed by atoms with Crippen LogP contribution in [0.15, 0.2) is 60.2 Å². The number of ether oxygens (including phenoxy) is 1. The van der Waals surface area contributed by atoms with Crippen molar-refractivity contribution in [3.63, 3.8) is 0 Å². The van der Waals surface area contributed by atoms with E-state index in [9.17, 15) is 14.4 Å². The van der Waals surface area contributed by atoms with E-state index in [-0.39, 0.29) is 5.57 Å². The van der Waals surface area contributed by atoms with E-state index < -0.39 is 17.8 Å². The minimum atomic E-state index is -0.781. The monoisotopic (exact) mass is 443 g/mol. The predicted octanol–water partition coefficient (Wildman–Crippen LogP) is 4.47. The molecule has 1 saturated heterocycles. The zero-order chi connectivity index (χ0) is 23.7. The molecule has 33 heavy (non-hydrogen) atoms. The lowest BCUT2D eigenvalue weighted by Crippen LogP contribution is -2.54. The molecule has 1 aliphatic heterocycles. The van der Waals surface area contributed by atoms with Gasteiger partial charge in [0.05, 0.1) is 12.3 Å². The molecule has 1 fully saturated rings. The maximum absolute atomic E-state index is 13.2. The topological polar surface area (TPSA) is 80.6 Å². The number of nitrogens with zero attached hydrogens (tertiary/aromatic N) is 2. The molecule has 0 bridgehead atoms. The number of aryl methyl sites for hydroxylation is 2. The average molecular weight is 444 g/mol. The third kappa shape index (κ3) is 4.17. The van der Waals surface area contributed by atoms with Gasteiger partial charge in [-0.2, -0.15) is 0 Å². The van der Waals surface area contributed by atoms with Crippen molar-refractivity contribution in [2.24, 2.45) is 0 Å². The number of amides is 4. The van der Waals surface area contributed by atoms with Gasteiger partial charge in [-0.15, -0.1) is 0 Å². The van der Waals surface area contributed by atoms with Crippen LogP contribution in [0.2, 0.25) is 0 Å². The van der Waals surface area contributed by atoms with E-state index in [1.807, 2.05) is 58.0 Å². The number of imide groups is 2. The SMILES string of the molecule is CCOc1ccc(N2C(=O)NC(=O)/C(=C\c3cc(C)n(-c4ccc(C)cc4)c3C)C2=O)cc1. The molecular weight excluding hydrogens is 418 g/mol. The Bertz CT molecular complexity index is 1270. The van der Waals surface area contributed by atoms with E-state index in [0.29, 0.717) is 18.0 Å². The fourth-order valence-corrected chi connectivity index (χ4v) is 3.93. The quantitative estimate of drug-likeness (QED) is 0.466. The van der Waals surface area contributed by atoms with Crippen molar-refractivity contribution in [2.45, 2.75) is 27.7 Å². The third-order valence-corrected chi connectivity index (χ3v) is 5.57. The first-order chi connectivity index (χ1) is 15.8. The second-order valence-corrected chi connectivity index (χ2v) is 7.88. The minimum absolute atomic E-state index is 0.104. The Morgan fingerprint density at radius 3 is 2.18 bits per heavy atom. The van der Waals surface area contributed by atoms with Crippen LogP contribution in [0.4, 0.5) is 10.5 Å². The molecule has 4 amide bonds. The Hall–Kier alpha value is -4.13. The van der Waals surface area contributed by atoms with Crippen LogP contribution in [-0.4, -0.2) is 29.0 Å². The van der Waals surface area contributed by atoms with Crippen LogP contribution in [0.3, 0.4) is 0 Å². The summed E-state index contributed by atoms with van der Waals surface area (Å²) in [5.41, 5.74) is 4.97. The smallest absolute Gasteiger partial charge is 0.335 e. The highest BCUT2D eigenvalue weighted by atomic mass is 16.5. The average Bonchev–Trinajstić information content (AvgIpc) is 3.06. The lowest BCUT2D eigenvalue weighted by molar-refractivity contribution is -0.122. The van der Waals surface area contributed by atoms with Crippen LogP contribution in [0.1, 0.15) is 29.4 Å². The standard InChI is InChI=1S/C26H25N3O4/c1-5-33-22-12-10-21(11-13-22)29-25(31)23(24(30)27-26(29)32)15-19-14-17(3)28(18(19)4)20-8-6-16(2)7-9-20/h6-15H,5H2,1-4H3,(H,27,30,32)/b23-15+. The molecule has 2 aromatic carbocycles. The van der Waals surface area contributed by atoms with E-state index in [1.165, 1.54) is 0 Å². The van der Waals surface area contributed by atoms with Crippen molar-refractivity contribution in [1.29, 1.82) is 0 Å². The molecule has 0 unspecified atom stereocenters. The van der Waals surface area contributed by atoms with Crippen molar-refractivity contribution >= 4 is 29.6 Å². The Balaban J connectivity index is 1.71. The Morgan fingerprint density at radius 2 is 1.55 bits per heavy atom. The van der Waals surface area contributed by atoms with Gasteiger partial charge in [0.1, 0.15) is 11.3 Å². The number of urea groups is 1. The lowest BCUT2D eigenvalue weighted by Gasteiger charge is -2.26. The summed E-state index contributed by atoms with van der Waals surface area (Å²) in [7, 11) is 0. The zero-order valence-electron chi connectivity index (χ0n) is 19.0. The summed E-state index contributed by atoms with van der Waals surface area (Å²) in [5.74, 6) is -0.762. The van der Waals surface area contributed by atoms with Crippen molar-refractivity contribution in [3.8, 4) is 11.4 Å². The van der Waals surface area contributed by atoms with Crippen LogP contribution in [0.5, 0.6) is 5.75 Å². The molecule has 0 spiro atoms. The Labute approximate surface area is 192 Å². The van der Waals surface area contributed by atoms with Gasteiger partial charge in [-0.25, -0.2) is 9.69 Å². The molecule has 7 nitrogen and oxygen atoms in total. The molecular formula is C26H25N3O4. The van der Waals surface area contributed by atoms with Gasteiger partial charge >= 0.3 is 6.03 Å². The lowest BCUT2D eigenvalue weighted by atomic mass is 10.1. The molecule has 3 aromatic rings. The highest BCUT2D eigenvalue weighted by molar-refractivity contribution is 6.39. The van der Waals surface area contributed by atoms with Gasteiger partial charge in [0.15, 0.2) is 0 Å². The Kier molecular flexibility index (Phi) is 5.87. The zero-order valence-corrected chi connectivity index (χ0v) is 19.0. The normalized spacial score (nSPS) is 15.2. The van der Waals surface area contributed by atoms with Crippen LogP contribution in [0, 0.1) is 20.8 Å². The van der Waals surface area contributed by atoms with Crippen molar-refractivity contribution in [2.75, 3.05) is 11.5 Å². The predicted molar refractivity (Wildman–Crippen MR) is 127 cm³/mol. The number of benzene rings is 2. The first-order valence-electron chi connectivity index (χ1n) is 10.7. The summed E-state index contributed by atoms with van der Waals surface area (Å²) in [5, 5.41) is 2.27. The number of hydrogen-bond donors (Lipinski definition) is 1. The highest BCUT2D eigenvalue weighted by Gasteiger charge is 2.37. The fraction of sp³-hybridized carbons (Fsp3) is 0.192. The molecule has 0 radical (unpaired) electrons. The third-order valence-electron chi connectivity index (χ3n) is 5.57. The minimum Gasteiger partial charge on any atom is -0.494 e. The largest absolute Gasteiger partial charge is 0.494 e. The summed E-state index contributed by atoms with van der Waals surface area (Å²) < 4.78 is 7.48. The van der Waals surface area contributed by atoms with Crippen LogP contribution in [-0.2, 0) is 9.59 Å². The number of hydrogen-bond acceptors (Lipinski definition) is 4. The molecule has 0 atom stereocenters. The first-order valence-corrected chi connectivity index (χ1v) is 10.7. The summed E-state index contributed by atoms with van der Waals surface area (Å²) >= 11 is 0. The summed E-state index contributed by atoms with van der Waals surface area (Å²) in [6, 6.07) is 15.8. The molecule has 1 aromatic heterocycles. The molecule has 7 heteroatoms. The van der Waals surface area contributed by atoms with Crippen molar-refractivity contribution in [1.82, 2.24) is 9.88 Å². The van der Waals surface area contributed by atoms with Gasteiger partial charge in [-0.05, 0) is 81.8 Å². The van der Waals surface area contributed by atoms with E-state index in [2.05, 4.69) is 9.88 Å². The van der Waals surface area contributed by atoms with Crippen molar-refractivity contribution < 1.29 is 19.1 Å². The van der Waals surface area contributed by atoms with Gasteiger partial charge < -0.3 is 9.30 Å². The van der Waals surface area contributed by atoms with Gasteiger partial charge in [-0.1, -0.05) is 17.7 Å². The molecule has 1 N–H and O–H groups in total. The molecule has 0 saturated carbocycles. The van der Waals surface area contributed by atoms with Gasteiger partial charge in [0, 0.05) is 17.1 Å². The van der Waals surface area contributed by atoms with E-state index in [4.69, 9.17) is 4.74 Å². The number of carbonyl (C=O) groups is 3. The highest BCUT2D eigenvalue weighted by Crippen LogP contribution is 2.27. The maximum Gasteiger partial charge on any atom is 0.335 e. The second-order valence-electron chi connectivity index (χ2n) is 7.88. The number of anilines is 1. The van der Waals surface area contributed by atoms with E-state index >= 15 is 0 Å². The molecule has 2 heterocycles. The van der Waals surface area contributed by atoms with Crippen LogP contribution < -0.4 is 15.0 Å². The van der Waals surface area contributed by atoms with Crippen LogP contribution in [0.25, 0.3) is 11.8 Å². The summed E-state index contributed by atoms with van der Waals surface area (Å²) in [4.78, 5) is 39.2. The molecule has 168 valence electrons. The van der Waals surface area contributed by atoms with Crippen molar-refractivity contribution in [3.05, 3.63) is 82.7 Å². The molecule has 1 aliphatic rings. The van der Waals surface area contributed by atoms with E-state index in [0.717, 1.165) is 33.1 Å². The van der Waals surface area contributed by atoms with Gasteiger partial charge in [0.2, 0.25) is 0 Å². The summed E-state index contributed by atoms with van der Waals surface area (Å²) in [6.07, 6.45) is 1.54. The van der Waals surface area contributed by atoms with Gasteiger partial charge in [-0.3, -0.25) is 14.9 Å². The number of barbiturate groups is 1. The first kappa shape index (κ1) is 22.1. The fourth-order valence-electron chi connectivity index (χ4n) is 3.93. The molecule has 0 aliphatic carbocycles. The number of aromatic nitrogens is 1. The maximum atomic E-state index is 13.2. The number of nitrogens with one attached hydrogen (secondary N) is 1. The Morgan fingerprint density at radius 1 is 0.909 bits per heavy atom.